The van der Waals surface area contributed by atoms with E-state index < -0.39 is 5.54 Å². The molecule has 2 aliphatic heterocycles. The third-order valence-corrected chi connectivity index (χ3v) is 7.93. The van der Waals surface area contributed by atoms with Gasteiger partial charge in [0, 0.05) is 47.8 Å². The second kappa shape index (κ2) is 7.15. The molecule has 1 saturated heterocycles. The van der Waals surface area contributed by atoms with Gasteiger partial charge in [0.2, 0.25) is 5.91 Å². The minimum absolute atomic E-state index is 0.00217. The van der Waals surface area contributed by atoms with Crippen LogP contribution in [-0.2, 0) is 16.8 Å². The summed E-state index contributed by atoms with van der Waals surface area (Å²) in [6.07, 6.45) is 7.95. The van der Waals surface area contributed by atoms with Crippen LogP contribution in [0, 0.1) is 5.41 Å². The first kappa shape index (κ1) is 20.4. The highest BCUT2D eigenvalue weighted by Crippen LogP contribution is 2.47. The quantitative estimate of drug-likeness (QED) is 0.632. The number of aliphatic hydroxyl groups is 1. The number of likely N-dealkylation sites (tertiary alicyclic amines) is 1. The molecule has 2 fully saturated rings. The van der Waals surface area contributed by atoms with E-state index in [1.807, 2.05) is 40.2 Å². The lowest BCUT2D eigenvalue weighted by Gasteiger charge is -2.41. The molecule has 0 spiro atoms. The Morgan fingerprint density at radius 2 is 1.94 bits per heavy atom. The molecule has 1 saturated carbocycles. The number of carbonyl (C=O) groups is 2. The number of carbonyl (C=O) groups excluding carboxylic acids is 2. The van der Waals surface area contributed by atoms with Gasteiger partial charge in [-0.3, -0.25) is 14.3 Å². The molecular formula is C26H28N4O3. The lowest BCUT2D eigenvalue weighted by atomic mass is 9.87. The van der Waals surface area contributed by atoms with Gasteiger partial charge in [0.05, 0.1) is 18.3 Å². The summed E-state index contributed by atoms with van der Waals surface area (Å²) in [6.45, 7) is 3.36. The number of rotatable bonds is 5. The summed E-state index contributed by atoms with van der Waals surface area (Å²) in [7, 11) is 0. The highest BCUT2D eigenvalue weighted by Gasteiger charge is 2.49. The smallest absolute Gasteiger partial charge is 0.256 e. The zero-order chi connectivity index (χ0) is 22.8. The van der Waals surface area contributed by atoms with E-state index in [-0.39, 0.29) is 23.8 Å². The van der Waals surface area contributed by atoms with E-state index in [9.17, 15) is 14.7 Å². The van der Waals surface area contributed by atoms with E-state index >= 15 is 0 Å². The second-order valence-electron chi connectivity index (χ2n) is 10.2. The van der Waals surface area contributed by atoms with Gasteiger partial charge in [0.1, 0.15) is 0 Å². The fourth-order valence-electron chi connectivity index (χ4n) is 5.40. The van der Waals surface area contributed by atoms with Gasteiger partial charge in [0.25, 0.3) is 5.91 Å². The van der Waals surface area contributed by atoms with Crippen LogP contribution in [0.5, 0.6) is 0 Å². The molecule has 1 aliphatic carbocycles. The summed E-state index contributed by atoms with van der Waals surface area (Å²) in [5, 5.41) is 20.0. The zero-order valence-corrected chi connectivity index (χ0v) is 18.8. The van der Waals surface area contributed by atoms with E-state index in [0.717, 1.165) is 46.0 Å². The highest BCUT2D eigenvalue weighted by molar-refractivity contribution is 6.24. The molecule has 0 bridgehead atoms. The van der Waals surface area contributed by atoms with Gasteiger partial charge < -0.3 is 15.3 Å². The molecule has 7 nitrogen and oxygen atoms in total. The molecule has 0 unspecified atom stereocenters. The third kappa shape index (κ3) is 3.17. The highest BCUT2D eigenvalue weighted by atomic mass is 16.3. The summed E-state index contributed by atoms with van der Waals surface area (Å²) < 4.78 is 1.91. The number of nitrogens with zero attached hydrogens (tertiary/aromatic N) is 3. The SMILES string of the molecule is CC1(C(=O)N2CCC(CO)(n3cc(Cc4ccc5c6c(cccc46)C(=O)N5)cn3)CC2)CC1. The van der Waals surface area contributed by atoms with Crippen molar-refractivity contribution in [3.05, 3.63) is 59.4 Å². The number of aromatic nitrogens is 2. The number of anilines is 1. The number of nitrogens with one attached hydrogen (secondary N) is 1. The predicted octanol–water partition coefficient (Wildman–Crippen LogP) is 3.30. The van der Waals surface area contributed by atoms with E-state index in [2.05, 4.69) is 29.5 Å². The molecule has 3 aliphatic rings. The maximum absolute atomic E-state index is 12.7. The summed E-state index contributed by atoms with van der Waals surface area (Å²) >= 11 is 0. The Morgan fingerprint density at radius 1 is 1.15 bits per heavy atom. The molecule has 6 rings (SSSR count). The van der Waals surface area contributed by atoms with Gasteiger partial charge in [-0.1, -0.05) is 25.1 Å². The average molecular weight is 445 g/mol. The van der Waals surface area contributed by atoms with Gasteiger partial charge in [-0.25, -0.2) is 0 Å². The van der Waals surface area contributed by atoms with Crippen molar-refractivity contribution in [1.29, 1.82) is 0 Å². The summed E-state index contributed by atoms with van der Waals surface area (Å²) in [5.41, 5.74) is 3.16. The molecule has 1 aromatic heterocycles. The predicted molar refractivity (Wildman–Crippen MR) is 125 cm³/mol. The Balaban J connectivity index is 1.23. The van der Waals surface area contributed by atoms with Crippen LogP contribution in [0.25, 0.3) is 10.8 Å². The van der Waals surface area contributed by atoms with Gasteiger partial charge in [-0.05, 0) is 54.3 Å². The third-order valence-electron chi connectivity index (χ3n) is 7.93. The van der Waals surface area contributed by atoms with Crippen LogP contribution in [-0.4, -0.2) is 51.3 Å². The Hall–Kier alpha value is -3.19. The van der Waals surface area contributed by atoms with Crippen LogP contribution < -0.4 is 5.32 Å². The van der Waals surface area contributed by atoms with Gasteiger partial charge >= 0.3 is 0 Å². The molecular weight excluding hydrogens is 416 g/mol. The van der Waals surface area contributed by atoms with Crippen molar-refractivity contribution in [3.8, 4) is 0 Å². The summed E-state index contributed by atoms with van der Waals surface area (Å²) in [5.74, 6) is 0.209. The topological polar surface area (TPSA) is 87.5 Å². The van der Waals surface area contributed by atoms with Crippen molar-refractivity contribution < 1.29 is 14.7 Å². The van der Waals surface area contributed by atoms with Crippen molar-refractivity contribution in [2.24, 2.45) is 5.41 Å². The minimum atomic E-state index is -0.474. The largest absolute Gasteiger partial charge is 0.394 e. The molecule has 3 aromatic rings. The molecule has 0 atom stereocenters. The number of hydrogen-bond donors (Lipinski definition) is 2. The van der Waals surface area contributed by atoms with Crippen molar-refractivity contribution in [2.45, 2.75) is 44.6 Å². The molecule has 33 heavy (non-hydrogen) atoms. The Labute approximate surface area is 192 Å². The van der Waals surface area contributed by atoms with E-state index in [1.165, 1.54) is 0 Å². The second-order valence-corrected chi connectivity index (χ2v) is 10.2. The van der Waals surface area contributed by atoms with Crippen molar-refractivity contribution in [1.82, 2.24) is 14.7 Å². The fourth-order valence-corrected chi connectivity index (χ4v) is 5.40. The Bertz CT molecular complexity index is 1280. The molecule has 170 valence electrons. The lowest BCUT2D eigenvalue weighted by molar-refractivity contribution is -0.139. The number of piperidine rings is 1. The standard InChI is InChI=1S/C26H28N4O3/c1-25(7-8-25)24(33)29-11-9-26(16-31,10-12-29)30-15-17(14-27-30)13-18-5-6-21-22-19(18)3-2-4-20(22)23(32)28-21/h2-6,14-15,31H,7-13,16H2,1H3,(H,28,32). The maximum atomic E-state index is 12.7. The first-order chi connectivity index (χ1) is 15.9. The normalized spacial score (nSPS) is 20.2. The number of hydrogen-bond acceptors (Lipinski definition) is 4. The van der Waals surface area contributed by atoms with Crippen molar-refractivity contribution in [3.63, 3.8) is 0 Å². The molecule has 2 aromatic carbocycles. The van der Waals surface area contributed by atoms with Crippen LogP contribution in [0.15, 0.2) is 42.7 Å². The van der Waals surface area contributed by atoms with Crippen LogP contribution in [0.4, 0.5) is 5.69 Å². The lowest BCUT2D eigenvalue weighted by Crippen LogP contribution is -2.51. The minimum Gasteiger partial charge on any atom is -0.394 e. The first-order valence-electron chi connectivity index (χ1n) is 11.7. The number of aliphatic hydroxyl groups excluding tert-OH is 1. The van der Waals surface area contributed by atoms with Crippen LogP contribution in [0.1, 0.15) is 54.1 Å². The van der Waals surface area contributed by atoms with Crippen LogP contribution in [0.2, 0.25) is 0 Å². The molecule has 7 heteroatoms. The van der Waals surface area contributed by atoms with E-state index in [4.69, 9.17) is 0 Å². The van der Waals surface area contributed by atoms with Crippen molar-refractivity contribution in [2.75, 3.05) is 25.0 Å². The number of amides is 2. The van der Waals surface area contributed by atoms with Crippen molar-refractivity contribution >= 4 is 28.3 Å². The molecule has 3 heterocycles. The molecule has 2 amide bonds. The average Bonchev–Trinajstić information content (AvgIpc) is 3.26. The Morgan fingerprint density at radius 3 is 2.67 bits per heavy atom. The zero-order valence-electron chi connectivity index (χ0n) is 18.8. The van der Waals surface area contributed by atoms with Crippen LogP contribution in [0.3, 0.4) is 0 Å². The van der Waals surface area contributed by atoms with E-state index in [0.29, 0.717) is 32.4 Å². The summed E-state index contributed by atoms with van der Waals surface area (Å²) in [6, 6.07) is 9.89. The monoisotopic (exact) mass is 444 g/mol. The van der Waals surface area contributed by atoms with Crippen LogP contribution >= 0.6 is 0 Å². The number of benzene rings is 2. The fraction of sp³-hybridized carbons (Fsp3) is 0.423. The van der Waals surface area contributed by atoms with Gasteiger partial charge in [-0.2, -0.15) is 5.10 Å². The first-order valence-corrected chi connectivity index (χ1v) is 11.7. The Kier molecular flexibility index (Phi) is 4.43. The van der Waals surface area contributed by atoms with Gasteiger partial charge in [-0.15, -0.1) is 0 Å². The summed E-state index contributed by atoms with van der Waals surface area (Å²) in [4.78, 5) is 26.9. The molecule has 0 radical (unpaired) electrons. The maximum Gasteiger partial charge on any atom is 0.256 e. The van der Waals surface area contributed by atoms with Gasteiger partial charge in [0.15, 0.2) is 0 Å². The van der Waals surface area contributed by atoms with E-state index in [1.54, 1.807) is 0 Å². The molecule has 2 N–H and O–H groups in total.